The average molecular weight is 244 g/mol. The Kier molecular flexibility index (Phi) is 4.22. The SMILES string of the molecule is CC(C)(C)[S@](=O)C[S@](=O)c1ccccc1. The minimum atomic E-state index is -1.16. The van der Waals surface area contributed by atoms with Gasteiger partial charge in [0.1, 0.15) is 5.08 Å². The zero-order chi connectivity index (χ0) is 11.5. The average Bonchev–Trinajstić information content (AvgIpc) is 2.17. The third-order valence-electron chi connectivity index (χ3n) is 1.90. The standard InChI is InChI=1S/C11H16O2S2/c1-11(2,3)15(13)9-14(12)10-7-5-4-6-8-10/h4-8H,9H2,1-3H3/t14-,15+/m0/s1. The van der Waals surface area contributed by atoms with Crippen molar-refractivity contribution < 1.29 is 8.42 Å². The number of benzene rings is 1. The van der Waals surface area contributed by atoms with Gasteiger partial charge in [-0.1, -0.05) is 18.2 Å². The highest BCUT2D eigenvalue weighted by Gasteiger charge is 2.21. The monoisotopic (exact) mass is 244 g/mol. The smallest absolute Gasteiger partial charge is 0.104 e. The van der Waals surface area contributed by atoms with Crippen molar-refractivity contribution in [2.24, 2.45) is 0 Å². The number of hydrogen-bond acceptors (Lipinski definition) is 2. The van der Waals surface area contributed by atoms with E-state index in [0.717, 1.165) is 4.90 Å². The van der Waals surface area contributed by atoms with Crippen molar-refractivity contribution in [1.82, 2.24) is 0 Å². The van der Waals surface area contributed by atoms with Crippen LogP contribution in [0.2, 0.25) is 0 Å². The van der Waals surface area contributed by atoms with Gasteiger partial charge in [-0.15, -0.1) is 0 Å². The molecule has 0 amide bonds. The number of hydrogen-bond donors (Lipinski definition) is 0. The van der Waals surface area contributed by atoms with E-state index >= 15 is 0 Å². The molecule has 0 spiro atoms. The maximum Gasteiger partial charge on any atom is 0.104 e. The first kappa shape index (κ1) is 12.6. The maximum absolute atomic E-state index is 11.8. The molecule has 0 aliphatic heterocycles. The second-order valence-corrected chi connectivity index (χ2v) is 8.26. The van der Waals surface area contributed by atoms with E-state index in [4.69, 9.17) is 0 Å². The first-order chi connectivity index (χ1) is 6.91. The molecule has 0 N–H and O–H groups in total. The van der Waals surface area contributed by atoms with E-state index in [1.807, 2.05) is 39.0 Å². The highest BCUT2D eigenvalue weighted by Crippen LogP contribution is 2.15. The van der Waals surface area contributed by atoms with Crippen LogP contribution in [0.5, 0.6) is 0 Å². The Morgan fingerprint density at radius 2 is 1.60 bits per heavy atom. The molecule has 15 heavy (non-hydrogen) atoms. The Hall–Kier alpha value is -0.480. The fourth-order valence-corrected chi connectivity index (χ4v) is 4.11. The third-order valence-corrected chi connectivity index (χ3v) is 5.78. The Morgan fingerprint density at radius 3 is 2.07 bits per heavy atom. The molecule has 0 fully saturated rings. The molecule has 0 saturated heterocycles. The summed E-state index contributed by atoms with van der Waals surface area (Å²) in [5, 5.41) is 0.216. The summed E-state index contributed by atoms with van der Waals surface area (Å²) >= 11 is 0. The van der Waals surface area contributed by atoms with Crippen molar-refractivity contribution in [3.63, 3.8) is 0 Å². The lowest BCUT2D eigenvalue weighted by atomic mass is 10.3. The minimum Gasteiger partial charge on any atom is -0.258 e. The molecular formula is C11H16O2S2. The van der Waals surface area contributed by atoms with Crippen LogP contribution in [-0.2, 0) is 21.6 Å². The summed E-state index contributed by atoms with van der Waals surface area (Å²) in [6, 6.07) is 9.16. The van der Waals surface area contributed by atoms with Crippen molar-refractivity contribution in [3.8, 4) is 0 Å². The molecule has 0 aliphatic carbocycles. The second kappa shape index (κ2) is 5.03. The Bertz CT molecular complexity index is 366. The van der Waals surface area contributed by atoms with E-state index in [1.165, 1.54) is 0 Å². The highest BCUT2D eigenvalue weighted by molar-refractivity contribution is 8.02. The van der Waals surface area contributed by atoms with Gasteiger partial charge < -0.3 is 0 Å². The molecule has 0 heterocycles. The van der Waals surface area contributed by atoms with Gasteiger partial charge in [0.15, 0.2) is 0 Å². The van der Waals surface area contributed by atoms with Gasteiger partial charge in [-0.2, -0.15) is 0 Å². The zero-order valence-electron chi connectivity index (χ0n) is 9.23. The molecule has 0 bridgehead atoms. The fourth-order valence-electron chi connectivity index (χ4n) is 0.914. The topological polar surface area (TPSA) is 34.1 Å². The molecule has 1 aromatic rings. The van der Waals surface area contributed by atoms with Crippen LogP contribution in [0.25, 0.3) is 0 Å². The summed E-state index contributed by atoms with van der Waals surface area (Å²) in [4.78, 5) is 0.745. The molecule has 0 radical (unpaired) electrons. The van der Waals surface area contributed by atoms with Gasteiger partial charge in [0.2, 0.25) is 0 Å². The molecule has 84 valence electrons. The summed E-state index contributed by atoms with van der Waals surface area (Å²) in [5.41, 5.74) is 0. The van der Waals surface area contributed by atoms with Gasteiger partial charge in [-0.25, -0.2) is 0 Å². The van der Waals surface area contributed by atoms with Gasteiger partial charge >= 0.3 is 0 Å². The van der Waals surface area contributed by atoms with E-state index < -0.39 is 21.6 Å². The maximum atomic E-state index is 11.8. The van der Waals surface area contributed by atoms with E-state index in [9.17, 15) is 8.42 Å². The van der Waals surface area contributed by atoms with Crippen LogP contribution in [0.15, 0.2) is 35.2 Å². The molecule has 0 aromatic heterocycles. The predicted octanol–water partition coefficient (Wildman–Crippen LogP) is 2.30. The van der Waals surface area contributed by atoms with Crippen molar-refractivity contribution in [2.45, 2.75) is 30.4 Å². The van der Waals surface area contributed by atoms with Crippen LogP contribution in [0, 0.1) is 0 Å². The van der Waals surface area contributed by atoms with Crippen LogP contribution in [0.3, 0.4) is 0 Å². The first-order valence-corrected chi connectivity index (χ1v) is 7.37. The molecular weight excluding hydrogens is 228 g/mol. The summed E-state index contributed by atoms with van der Waals surface area (Å²) in [6.07, 6.45) is 0. The molecule has 4 heteroatoms. The summed E-state index contributed by atoms with van der Waals surface area (Å²) in [5.74, 6) is 0. The molecule has 0 aliphatic rings. The molecule has 0 saturated carbocycles. The van der Waals surface area contributed by atoms with Crippen LogP contribution < -0.4 is 0 Å². The lowest BCUT2D eigenvalue weighted by molar-refractivity contribution is 0.651. The quantitative estimate of drug-likeness (QED) is 0.817. The molecule has 0 unspecified atom stereocenters. The van der Waals surface area contributed by atoms with Crippen molar-refractivity contribution in [1.29, 1.82) is 0 Å². The fraction of sp³-hybridized carbons (Fsp3) is 0.455. The van der Waals surface area contributed by atoms with Crippen molar-refractivity contribution in [3.05, 3.63) is 30.3 Å². The Morgan fingerprint density at radius 1 is 1.07 bits per heavy atom. The summed E-state index contributed by atoms with van der Waals surface area (Å²) in [6.45, 7) is 5.68. The van der Waals surface area contributed by atoms with E-state index in [2.05, 4.69) is 0 Å². The van der Waals surface area contributed by atoms with Crippen LogP contribution >= 0.6 is 0 Å². The molecule has 1 aromatic carbocycles. The van der Waals surface area contributed by atoms with Crippen LogP contribution in [0.4, 0.5) is 0 Å². The highest BCUT2D eigenvalue weighted by atomic mass is 32.2. The van der Waals surface area contributed by atoms with Crippen LogP contribution in [-0.4, -0.2) is 18.2 Å². The Labute approximate surface area is 96.0 Å². The second-order valence-electron chi connectivity index (χ2n) is 4.23. The third kappa shape index (κ3) is 3.87. The zero-order valence-corrected chi connectivity index (χ0v) is 10.9. The van der Waals surface area contributed by atoms with E-state index in [1.54, 1.807) is 12.1 Å². The Balaban J connectivity index is 2.70. The summed E-state index contributed by atoms with van der Waals surface area (Å²) in [7, 11) is -2.23. The number of rotatable bonds is 3. The van der Waals surface area contributed by atoms with Gasteiger partial charge in [-0.3, -0.25) is 8.42 Å². The van der Waals surface area contributed by atoms with Gasteiger partial charge in [0, 0.05) is 20.4 Å². The molecule has 1 rings (SSSR count). The summed E-state index contributed by atoms with van der Waals surface area (Å²) < 4.78 is 23.3. The predicted molar refractivity (Wildman–Crippen MR) is 65.6 cm³/mol. The van der Waals surface area contributed by atoms with E-state index in [-0.39, 0.29) is 9.83 Å². The minimum absolute atomic E-state index is 0.216. The van der Waals surface area contributed by atoms with Crippen LogP contribution in [0.1, 0.15) is 20.8 Å². The largest absolute Gasteiger partial charge is 0.258 e. The normalized spacial score (nSPS) is 15.9. The first-order valence-electron chi connectivity index (χ1n) is 4.73. The van der Waals surface area contributed by atoms with E-state index in [0.29, 0.717) is 0 Å². The van der Waals surface area contributed by atoms with Gasteiger partial charge in [-0.05, 0) is 32.9 Å². The lowest BCUT2D eigenvalue weighted by Gasteiger charge is -2.17. The lowest BCUT2D eigenvalue weighted by Crippen LogP contribution is -2.25. The molecule has 2 nitrogen and oxygen atoms in total. The van der Waals surface area contributed by atoms with Crippen molar-refractivity contribution >= 4 is 21.6 Å². The van der Waals surface area contributed by atoms with Crippen molar-refractivity contribution in [2.75, 3.05) is 5.08 Å². The molecule has 2 atom stereocenters. The van der Waals surface area contributed by atoms with Gasteiger partial charge in [0.25, 0.3) is 0 Å². The van der Waals surface area contributed by atoms with Gasteiger partial charge in [0.05, 0.1) is 10.8 Å².